The van der Waals surface area contributed by atoms with Gasteiger partial charge in [0.1, 0.15) is 17.6 Å². The highest BCUT2D eigenvalue weighted by atomic mass is 19.1. The number of fused-ring (bicyclic) bond motifs is 2. The van der Waals surface area contributed by atoms with Crippen molar-refractivity contribution in [1.82, 2.24) is 34.4 Å². The van der Waals surface area contributed by atoms with Crippen molar-refractivity contribution < 1.29 is 4.39 Å². The molecule has 0 unspecified atom stereocenters. The van der Waals surface area contributed by atoms with Gasteiger partial charge >= 0.3 is 0 Å². The highest BCUT2D eigenvalue weighted by Gasteiger charge is 2.28. The van der Waals surface area contributed by atoms with Crippen molar-refractivity contribution in [1.29, 1.82) is 0 Å². The minimum absolute atomic E-state index is 0.298. The number of aromatic nitrogens is 6. The highest BCUT2D eigenvalue weighted by Crippen LogP contribution is 2.32. The molecular formula is C19H22FN9. The molecule has 0 spiro atoms. The van der Waals surface area contributed by atoms with Gasteiger partial charge in [-0.25, -0.2) is 13.9 Å². The van der Waals surface area contributed by atoms with Gasteiger partial charge in [0.05, 0.1) is 17.1 Å². The van der Waals surface area contributed by atoms with Gasteiger partial charge in [-0.1, -0.05) is 0 Å². The Kier molecular flexibility index (Phi) is 4.27. The minimum atomic E-state index is -0.962. The molecule has 0 bridgehead atoms. The Bertz CT molecular complexity index is 1170. The van der Waals surface area contributed by atoms with Gasteiger partial charge in [-0.05, 0) is 25.6 Å². The zero-order valence-corrected chi connectivity index (χ0v) is 16.2. The Labute approximate surface area is 166 Å². The second-order valence-corrected chi connectivity index (χ2v) is 7.34. The fourth-order valence-electron chi connectivity index (χ4n) is 3.82. The van der Waals surface area contributed by atoms with E-state index in [1.165, 1.54) is 0 Å². The zero-order valence-electron chi connectivity index (χ0n) is 16.2. The third-order valence-corrected chi connectivity index (χ3v) is 5.36. The molecule has 1 fully saturated rings. The molecule has 0 aliphatic carbocycles. The number of imidazole rings is 1. The smallest absolute Gasteiger partial charge is 0.226 e. The maximum absolute atomic E-state index is 14.4. The van der Waals surface area contributed by atoms with Gasteiger partial charge in [0, 0.05) is 44.3 Å². The van der Waals surface area contributed by atoms with E-state index >= 15 is 0 Å². The van der Waals surface area contributed by atoms with Crippen molar-refractivity contribution in [2.24, 2.45) is 0 Å². The number of piperidine rings is 1. The summed E-state index contributed by atoms with van der Waals surface area (Å²) in [5, 5.41) is 11.8. The van der Waals surface area contributed by atoms with Gasteiger partial charge in [-0.2, -0.15) is 15.1 Å². The van der Waals surface area contributed by atoms with Crippen LogP contribution in [0.5, 0.6) is 0 Å². The van der Waals surface area contributed by atoms with Crippen molar-refractivity contribution in [3.63, 3.8) is 0 Å². The number of rotatable bonds is 4. The molecule has 4 aromatic rings. The lowest BCUT2D eigenvalue weighted by atomic mass is 10.0. The van der Waals surface area contributed by atoms with Crippen LogP contribution in [0.15, 0.2) is 30.7 Å². The maximum atomic E-state index is 14.4. The molecule has 5 rings (SSSR count). The second kappa shape index (κ2) is 6.96. The van der Waals surface area contributed by atoms with E-state index in [0.29, 0.717) is 30.4 Å². The van der Waals surface area contributed by atoms with Crippen molar-refractivity contribution in [2.75, 3.05) is 37.8 Å². The molecule has 1 saturated heterocycles. The normalized spacial score (nSPS) is 20.4. The highest BCUT2D eigenvalue weighted by molar-refractivity contribution is 6.00. The number of hydrogen-bond donors (Lipinski definition) is 3. The van der Waals surface area contributed by atoms with Gasteiger partial charge in [0.2, 0.25) is 5.95 Å². The van der Waals surface area contributed by atoms with Crippen LogP contribution in [-0.2, 0) is 0 Å². The van der Waals surface area contributed by atoms with Crippen molar-refractivity contribution in [3.8, 4) is 11.3 Å². The molecule has 10 heteroatoms. The first-order valence-corrected chi connectivity index (χ1v) is 9.59. The fraction of sp³-hybridized carbons (Fsp3) is 0.368. The second-order valence-electron chi connectivity index (χ2n) is 7.34. The molecule has 9 nitrogen and oxygen atoms in total. The first kappa shape index (κ1) is 17.8. The van der Waals surface area contributed by atoms with Crippen LogP contribution in [0.4, 0.5) is 16.2 Å². The first-order chi connectivity index (χ1) is 14.1. The molecule has 150 valence electrons. The molecule has 5 heterocycles. The van der Waals surface area contributed by atoms with E-state index in [1.54, 1.807) is 16.9 Å². The Balaban J connectivity index is 1.52. The van der Waals surface area contributed by atoms with E-state index in [4.69, 9.17) is 0 Å². The molecule has 4 aromatic heterocycles. The maximum Gasteiger partial charge on any atom is 0.226 e. The Morgan fingerprint density at radius 3 is 3.00 bits per heavy atom. The molecular weight excluding hydrogens is 373 g/mol. The summed E-state index contributed by atoms with van der Waals surface area (Å²) in [5.74, 6) is 1.06. The van der Waals surface area contributed by atoms with Crippen LogP contribution in [0.3, 0.4) is 0 Å². The lowest BCUT2D eigenvalue weighted by molar-refractivity contribution is 0.149. The van der Waals surface area contributed by atoms with E-state index in [2.05, 4.69) is 35.7 Å². The van der Waals surface area contributed by atoms with Crippen LogP contribution in [0.1, 0.15) is 6.42 Å². The third-order valence-electron chi connectivity index (χ3n) is 5.36. The molecule has 3 N–H and O–H groups in total. The largest absolute Gasteiger partial charge is 0.372 e. The van der Waals surface area contributed by atoms with Gasteiger partial charge in [0.25, 0.3) is 0 Å². The quantitative estimate of drug-likeness (QED) is 0.487. The lowest BCUT2D eigenvalue weighted by Gasteiger charge is -2.32. The molecule has 0 radical (unpaired) electrons. The SMILES string of the molecule is CNc1nc(N[C@@H]2CCN(C)C[C@@H]2F)nc2[nH]cc(-c3ccc4nccn4n3)c12. The standard InChI is InChI=1S/C19H22FN9/c1-21-17-16-11(13-3-4-15-22-6-8-29(15)27-13)9-23-18(16)26-19(25-17)24-14-5-7-28(2)10-12(14)20/h3-4,6,8-9,12,14H,5,7,10H2,1-2H3,(H3,21,23,24,25,26)/t12-,14+/m0/s1. The molecule has 29 heavy (non-hydrogen) atoms. The molecule has 0 amide bonds. The van der Waals surface area contributed by atoms with Gasteiger partial charge in [-0.15, -0.1) is 0 Å². The van der Waals surface area contributed by atoms with Crippen LogP contribution in [0.25, 0.3) is 27.9 Å². The summed E-state index contributed by atoms with van der Waals surface area (Å²) in [4.78, 5) is 18.6. The minimum Gasteiger partial charge on any atom is -0.372 e. The third kappa shape index (κ3) is 3.15. The average Bonchev–Trinajstić information content (AvgIpc) is 3.35. The lowest BCUT2D eigenvalue weighted by Crippen LogP contribution is -2.46. The van der Waals surface area contributed by atoms with E-state index in [9.17, 15) is 4.39 Å². The summed E-state index contributed by atoms with van der Waals surface area (Å²) in [6.45, 7) is 1.25. The van der Waals surface area contributed by atoms with E-state index < -0.39 is 6.17 Å². The van der Waals surface area contributed by atoms with Crippen LogP contribution in [-0.4, -0.2) is 73.8 Å². The van der Waals surface area contributed by atoms with Crippen LogP contribution in [0, 0.1) is 0 Å². The number of alkyl halides is 1. The summed E-state index contributed by atoms with van der Waals surface area (Å²) in [6.07, 6.45) is 5.13. The Morgan fingerprint density at radius 2 is 2.17 bits per heavy atom. The van der Waals surface area contributed by atoms with Crippen LogP contribution < -0.4 is 10.6 Å². The van der Waals surface area contributed by atoms with Gasteiger partial charge < -0.3 is 20.5 Å². The van der Waals surface area contributed by atoms with Gasteiger partial charge in [-0.3, -0.25) is 0 Å². The number of hydrogen-bond acceptors (Lipinski definition) is 7. The topological polar surface area (TPSA) is 99.1 Å². The average molecular weight is 395 g/mol. The van der Waals surface area contributed by atoms with Crippen LogP contribution in [0.2, 0.25) is 0 Å². The summed E-state index contributed by atoms with van der Waals surface area (Å²) in [7, 11) is 3.74. The van der Waals surface area contributed by atoms with E-state index in [-0.39, 0.29) is 6.04 Å². The summed E-state index contributed by atoms with van der Waals surface area (Å²) < 4.78 is 16.1. The predicted molar refractivity (Wildman–Crippen MR) is 110 cm³/mol. The predicted octanol–water partition coefficient (Wildman–Crippen LogP) is 2.16. The number of nitrogens with one attached hydrogen (secondary N) is 3. The summed E-state index contributed by atoms with van der Waals surface area (Å²) in [6, 6.07) is 3.54. The Morgan fingerprint density at radius 1 is 1.28 bits per heavy atom. The molecule has 1 aliphatic heterocycles. The van der Waals surface area contributed by atoms with Crippen LogP contribution >= 0.6 is 0 Å². The Hall–Kier alpha value is -3.27. The van der Waals surface area contributed by atoms with Crippen molar-refractivity contribution in [2.45, 2.75) is 18.6 Å². The fourth-order valence-corrected chi connectivity index (χ4v) is 3.82. The number of nitrogens with zero attached hydrogens (tertiary/aromatic N) is 6. The van der Waals surface area contributed by atoms with Crippen molar-refractivity contribution in [3.05, 3.63) is 30.7 Å². The molecule has 1 aliphatic rings. The number of halogens is 1. The molecule has 0 aromatic carbocycles. The number of H-pyrrole nitrogens is 1. The monoisotopic (exact) mass is 395 g/mol. The van der Waals surface area contributed by atoms with Gasteiger partial charge in [0.15, 0.2) is 5.65 Å². The number of aromatic amines is 1. The summed E-state index contributed by atoms with van der Waals surface area (Å²) in [5.41, 5.74) is 3.11. The number of anilines is 2. The first-order valence-electron chi connectivity index (χ1n) is 9.59. The van der Waals surface area contributed by atoms with Crippen molar-refractivity contribution >= 4 is 28.4 Å². The summed E-state index contributed by atoms with van der Waals surface area (Å²) >= 11 is 0. The molecule has 2 atom stereocenters. The van der Waals surface area contributed by atoms with E-state index in [0.717, 1.165) is 28.8 Å². The van der Waals surface area contributed by atoms with E-state index in [1.807, 2.05) is 37.3 Å². The number of likely N-dealkylation sites (tertiary alicyclic amines) is 1. The zero-order chi connectivity index (χ0) is 20.0. The molecule has 0 saturated carbocycles.